The molecule has 0 atom stereocenters. The van der Waals surface area contributed by atoms with Gasteiger partial charge in [-0.3, -0.25) is 4.79 Å². The van der Waals surface area contributed by atoms with Crippen molar-refractivity contribution in [1.29, 1.82) is 0 Å². The molecule has 0 unspecified atom stereocenters. The second-order valence-corrected chi connectivity index (χ2v) is 5.49. The van der Waals surface area contributed by atoms with Crippen LogP contribution in [0.1, 0.15) is 12.0 Å². The average molecular weight is 331 g/mol. The Balaban J connectivity index is 1.55. The monoisotopic (exact) mass is 331 g/mol. The molecule has 0 radical (unpaired) electrons. The molecule has 23 heavy (non-hydrogen) atoms. The first-order valence-corrected chi connectivity index (χ1v) is 7.24. The number of halogens is 3. The molecular formula is C15H16F3NO4. The summed E-state index contributed by atoms with van der Waals surface area (Å²) in [5.74, 6) is -1.01. The zero-order valence-corrected chi connectivity index (χ0v) is 12.3. The van der Waals surface area contributed by atoms with Gasteiger partial charge in [0.25, 0.3) is 5.91 Å². The lowest BCUT2D eigenvalue weighted by Crippen LogP contribution is -2.38. The third-order valence-electron chi connectivity index (χ3n) is 3.88. The van der Waals surface area contributed by atoms with Gasteiger partial charge in [0.15, 0.2) is 12.4 Å². The van der Waals surface area contributed by atoms with E-state index in [1.807, 2.05) is 0 Å². The SMILES string of the molecule is O=C(COc1cccc(C(F)(F)F)c1)N1CCC2(C1)OCCO2. The van der Waals surface area contributed by atoms with E-state index >= 15 is 0 Å². The number of hydrogen-bond donors (Lipinski definition) is 0. The zero-order valence-electron chi connectivity index (χ0n) is 12.3. The van der Waals surface area contributed by atoms with Gasteiger partial charge in [0.05, 0.1) is 25.3 Å². The van der Waals surface area contributed by atoms with Gasteiger partial charge in [-0.15, -0.1) is 0 Å². The quantitative estimate of drug-likeness (QED) is 0.851. The fourth-order valence-corrected chi connectivity index (χ4v) is 2.70. The highest BCUT2D eigenvalue weighted by atomic mass is 19.4. The number of rotatable bonds is 3. The number of likely N-dealkylation sites (tertiary alicyclic amines) is 1. The maximum absolute atomic E-state index is 12.6. The van der Waals surface area contributed by atoms with Crippen molar-refractivity contribution in [2.24, 2.45) is 0 Å². The second kappa shape index (κ2) is 6.01. The van der Waals surface area contributed by atoms with Crippen molar-refractivity contribution < 1.29 is 32.2 Å². The lowest BCUT2D eigenvalue weighted by Gasteiger charge is -2.22. The van der Waals surface area contributed by atoms with E-state index < -0.39 is 17.5 Å². The number of benzene rings is 1. The number of alkyl halides is 3. The number of amides is 1. The fourth-order valence-electron chi connectivity index (χ4n) is 2.70. The summed E-state index contributed by atoms with van der Waals surface area (Å²) in [4.78, 5) is 13.6. The molecule has 0 aromatic heterocycles. The summed E-state index contributed by atoms with van der Waals surface area (Å²) in [6.45, 7) is 1.48. The fraction of sp³-hybridized carbons (Fsp3) is 0.533. The topological polar surface area (TPSA) is 48.0 Å². The van der Waals surface area contributed by atoms with Crippen LogP contribution in [0.3, 0.4) is 0 Å². The molecule has 2 heterocycles. The minimum Gasteiger partial charge on any atom is -0.484 e. The van der Waals surface area contributed by atoms with Gasteiger partial charge in [0, 0.05) is 13.0 Å². The first-order valence-electron chi connectivity index (χ1n) is 7.24. The number of carbonyl (C=O) groups excluding carboxylic acids is 1. The van der Waals surface area contributed by atoms with Gasteiger partial charge >= 0.3 is 6.18 Å². The van der Waals surface area contributed by atoms with Crippen LogP contribution in [-0.4, -0.2) is 49.5 Å². The van der Waals surface area contributed by atoms with E-state index in [4.69, 9.17) is 14.2 Å². The molecule has 0 aliphatic carbocycles. The first kappa shape index (κ1) is 16.1. The summed E-state index contributed by atoms with van der Waals surface area (Å²) in [5.41, 5.74) is -0.810. The Bertz CT molecular complexity index is 584. The minimum atomic E-state index is -4.44. The Labute approximate surface area is 130 Å². The Hall–Kier alpha value is -1.80. The Kier molecular flexibility index (Phi) is 4.20. The predicted octanol–water partition coefficient (Wildman–Crippen LogP) is 2.06. The van der Waals surface area contributed by atoms with Gasteiger partial charge < -0.3 is 19.1 Å². The molecule has 0 saturated carbocycles. The molecule has 0 bridgehead atoms. The van der Waals surface area contributed by atoms with E-state index in [1.165, 1.54) is 12.1 Å². The van der Waals surface area contributed by atoms with E-state index in [9.17, 15) is 18.0 Å². The van der Waals surface area contributed by atoms with Crippen molar-refractivity contribution in [2.45, 2.75) is 18.4 Å². The normalized spacial score (nSPS) is 20.2. The zero-order chi connectivity index (χ0) is 16.5. The molecule has 2 saturated heterocycles. The van der Waals surface area contributed by atoms with Gasteiger partial charge in [-0.2, -0.15) is 13.2 Å². The molecule has 126 valence electrons. The van der Waals surface area contributed by atoms with E-state index in [-0.39, 0.29) is 18.3 Å². The van der Waals surface area contributed by atoms with Crippen molar-refractivity contribution in [3.8, 4) is 5.75 Å². The van der Waals surface area contributed by atoms with Crippen LogP contribution in [0.5, 0.6) is 5.75 Å². The highest BCUT2D eigenvalue weighted by Crippen LogP contribution is 2.32. The lowest BCUT2D eigenvalue weighted by atomic mass is 10.2. The maximum atomic E-state index is 12.6. The molecular weight excluding hydrogens is 315 g/mol. The highest BCUT2D eigenvalue weighted by molar-refractivity contribution is 5.78. The van der Waals surface area contributed by atoms with E-state index in [0.29, 0.717) is 32.7 Å². The highest BCUT2D eigenvalue weighted by Gasteiger charge is 2.44. The number of carbonyl (C=O) groups is 1. The van der Waals surface area contributed by atoms with E-state index in [0.717, 1.165) is 12.1 Å². The van der Waals surface area contributed by atoms with Crippen LogP contribution in [0.4, 0.5) is 13.2 Å². The van der Waals surface area contributed by atoms with Crippen LogP contribution in [-0.2, 0) is 20.4 Å². The van der Waals surface area contributed by atoms with Crippen molar-refractivity contribution in [3.63, 3.8) is 0 Å². The van der Waals surface area contributed by atoms with Crippen LogP contribution in [0.2, 0.25) is 0 Å². The molecule has 2 fully saturated rings. The molecule has 1 spiro atoms. The molecule has 2 aliphatic rings. The molecule has 2 aliphatic heterocycles. The van der Waals surface area contributed by atoms with Crippen LogP contribution in [0.25, 0.3) is 0 Å². The summed E-state index contributed by atoms with van der Waals surface area (Å²) < 4.78 is 54.1. The van der Waals surface area contributed by atoms with Gasteiger partial charge in [-0.05, 0) is 18.2 Å². The van der Waals surface area contributed by atoms with E-state index in [1.54, 1.807) is 4.90 Å². The van der Waals surface area contributed by atoms with Gasteiger partial charge in [0.2, 0.25) is 0 Å². The third-order valence-corrected chi connectivity index (χ3v) is 3.88. The Morgan fingerprint density at radius 1 is 1.30 bits per heavy atom. The second-order valence-electron chi connectivity index (χ2n) is 5.49. The van der Waals surface area contributed by atoms with Gasteiger partial charge in [0.1, 0.15) is 5.75 Å². The minimum absolute atomic E-state index is 0.00968. The van der Waals surface area contributed by atoms with Crippen LogP contribution in [0, 0.1) is 0 Å². The van der Waals surface area contributed by atoms with Crippen LogP contribution in [0.15, 0.2) is 24.3 Å². The molecule has 1 amide bonds. The number of nitrogens with zero attached hydrogens (tertiary/aromatic N) is 1. The number of hydrogen-bond acceptors (Lipinski definition) is 4. The standard InChI is InChI=1S/C15H16F3NO4/c16-15(17,18)11-2-1-3-12(8-11)21-9-13(20)19-5-4-14(10-19)22-6-7-23-14/h1-3,8H,4-7,9-10H2. The molecule has 1 aromatic rings. The van der Waals surface area contributed by atoms with Crippen molar-refractivity contribution in [2.75, 3.05) is 32.9 Å². The molecule has 5 nitrogen and oxygen atoms in total. The average Bonchev–Trinajstić information content (AvgIpc) is 3.15. The summed E-state index contributed by atoms with van der Waals surface area (Å²) in [6.07, 6.45) is -3.86. The molecule has 1 aromatic carbocycles. The first-order chi connectivity index (χ1) is 10.9. The Morgan fingerprint density at radius 3 is 2.74 bits per heavy atom. The van der Waals surface area contributed by atoms with E-state index in [2.05, 4.69) is 0 Å². The van der Waals surface area contributed by atoms with Crippen molar-refractivity contribution in [1.82, 2.24) is 4.90 Å². The largest absolute Gasteiger partial charge is 0.484 e. The van der Waals surface area contributed by atoms with Crippen molar-refractivity contribution >= 4 is 5.91 Å². The van der Waals surface area contributed by atoms with Gasteiger partial charge in [-0.25, -0.2) is 0 Å². The molecule has 8 heteroatoms. The summed E-state index contributed by atoms with van der Waals surface area (Å²) >= 11 is 0. The maximum Gasteiger partial charge on any atom is 0.416 e. The summed E-state index contributed by atoms with van der Waals surface area (Å²) in [6, 6.07) is 4.46. The summed E-state index contributed by atoms with van der Waals surface area (Å²) in [7, 11) is 0. The summed E-state index contributed by atoms with van der Waals surface area (Å²) in [5, 5.41) is 0. The molecule has 0 N–H and O–H groups in total. The third kappa shape index (κ3) is 3.59. The Morgan fingerprint density at radius 2 is 2.04 bits per heavy atom. The number of ether oxygens (including phenoxy) is 3. The van der Waals surface area contributed by atoms with Crippen LogP contribution < -0.4 is 4.74 Å². The molecule has 3 rings (SSSR count). The van der Waals surface area contributed by atoms with Gasteiger partial charge in [-0.1, -0.05) is 6.07 Å². The van der Waals surface area contributed by atoms with Crippen LogP contribution >= 0.6 is 0 Å². The van der Waals surface area contributed by atoms with Crippen molar-refractivity contribution in [3.05, 3.63) is 29.8 Å². The predicted molar refractivity (Wildman–Crippen MR) is 72.8 cm³/mol. The lowest BCUT2D eigenvalue weighted by molar-refractivity contribution is -0.153. The smallest absolute Gasteiger partial charge is 0.416 e.